The molecule has 0 aromatic heterocycles. The lowest BCUT2D eigenvalue weighted by molar-refractivity contribution is 0.236. The highest BCUT2D eigenvalue weighted by Gasteiger charge is 2.34. The first kappa shape index (κ1) is 10.7. The molecule has 0 aliphatic carbocycles. The first-order valence-corrected chi connectivity index (χ1v) is 5.95. The van der Waals surface area contributed by atoms with E-state index in [1.54, 1.807) is 0 Å². The summed E-state index contributed by atoms with van der Waals surface area (Å²) in [5.41, 5.74) is 1.51. The van der Waals surface area contributed by atoms with Gasteiger partial charge in [-0.1, -0.05) is 44.2 Å². The molecule has 1 aliphatic heterocycles. The second-order valence-corrected chi connectivity index (χ2v) is 5.02. The molecule has 1 heteroatoms. The van der Waals surface area contributed by atoms with Gasteiger partial charge in [-0.3, -0.25) is 0 Å². The molecule has 1 saturated heterocycles. The van der Waals surface area contributed by atoms with E-state index in [2.05, 4.69) is 56.1 Å². The molecule has 1 nitrogen and oxygen atoms in total. The minimum Gasteiger partial charge on any atom is -0.303 e. The Balaban J connectivity index is 2.22. The predicted octanol–water partition coefficient (Wildman–Crippen LogP) is 3.13. The quantitative estimate of drug-likeness (QED) is 0.714. The number of hydrogen-bond donors (Lipinski definition) is 0. The van der Waals surface area contributed by atoms with Gasteiger partial charge in [-0.15, -0.1) is 0 Å². The molecule has 1 heterocycles. The summed E-state index contributed by atoms with van der Waals surface area (Å²) in [6.07, 6.45) is 1.31. The van der Waals surface area contributed by atoms with Gasteiger partial charge in [0.2, 0.25) is 0 Å². The summed E-state index contributed by atoms with van der Waals surface area (Å²) in [6, 6.07) is 11.7. The van der Waals surface area contributed by atoms with Gasteiger partial charge in [0.15, 0.2) is 0 Å². The Morgan fingerprint density at radius 3 is 2.47 bits per heavy atom. The molecule has 0 saturated carbocycles. The van der Waals surface area contributed by atoms with Crippen LogP contribution in [0.3, 0.4) is 0 Å². The summed E-state index contributed by atoms with van der Waals surface area (Å²) in [4.78, 5) is 2.52. The zero-order valence-electron chi connectivity index (χ0n) is 9.98. The number of rotatable bonds is 2. The van der Waals surface area contributed by atoms with Gasteiger partial charge in [0, 0.05) is 12.0 Å². The molecule has 2 rings (SSSR count). The van der Waals surface area contributed by atoms with E-state index >= 15 is 0 Å². The lowest BCUT2D eigenvalue weighted by atomic mass is 9.86. The average Bonchev–Trinajstić information content (AvgIpc) is 2.61. The average molecular weight is 203 g/mol. The van der Waals surface area contributed by atoms with Crippen LogP contribution in [0.4, 0.5) is 0 Å². The molecule has 0 radical (unpaired) electrons. The van der Waals surface area contributed by atoms with E-state index in [4.69, 9.17) is 0 Å². The Morgan fingerprint density at radius 2 is 1.87 bits per heavy atom. The molecule has 0 spiro atoms. The van der Waals surface area contributed by atoms with Gasteiger partial charge in [0.05, 0.1) is 0 Å². The fourth-order valence-electron chi connectivity index (χ4n) is 3.01. The lowest BCUT2D eigenvalue weighted by Crippen LogP contribution is -2.33. The topological polar surface area (TPSA) is 3.24 Å². The number of likely N-dealkylation sites (N-methyl/N-ethyl adjacent to an activating group) is 1. The van der Waals surface area contributed by atoms with Crippen molar-refractivity contribution in [1.29, 1.82) is 0 Å². The van der Waals surface area contributed by atoms with E-state index in [1.165, 1.54) is 18.5 Å². The Hall–Kier alpha value is -0.820. The Bertz CT molecular complexity index is 304. The predicted molar refractivity (Wildman–Crippen MR) is 65.1 cm³/mol. The molecule has 1 aromatic carbocycles. The van der Waals surface area contributed by atoms with Crippen LogP contribution in [0.25, 0.3) is 0 Å². The van der Waals surface area contributed by atoms with Gasteiger partial charge < -0.3 is 4.90 Å². The molecule has 82 valence electrons. The number of hydrogen-bond acceptors (Lipinski definition) is 1. The first-order chi connectivity index (χ1) is 7.20. The van der Waals surface area contributed by atoms with E-state index in [0.29, 0.717) is 6.04 Å². The van der Waals surface area contributed by atoms with Gasteiger partial charge in [-0.25, -0.2) is 0 Å². The third kappa shape index (κ3) is 2.07. The second kappa shape index (κ2) is 4.36. The van der Waals surface area contributed by atoms with Crippen LogP contribution < -0.4 is 0 Å². The van der Waals surface area contributed by atoms with Crippen LogP contribution in [-0.4, -0.2) is 24.5 Å². The van der Waals surface area contributed by atoms with Gasteiger partial charge >= 0.3 is 0 Å². The molecular weight excluding hydrogens is 182 g/mol. The van der Waals surface area contributed by atoms with Crippen LogP contribution in [0.2, 0.25) is 0 Å². The van der Waals surface area contributed by atoms with Crippen LogP contribution in [0.1, 0.15) is 31.7 Å². The number of benzene rings is 1. The summed E-state index contributed by atoms with van der Waals surface area (Å²) in [7, 11) is 2.26. The summed E-state index contributed by atoms with van der Waals surface area (Å²) >= 11 is 0. The molecule has 0 amide bonds. The molecule has 0 N–H and O–H groups in total. The van der Waals surface area contributed by atoms with E-state index in [9.17, 15) is 0 Å². The van der Waals surface area contributed by atoms with Crippen LogP contribution in [0.5, 0.6) is 0 Å². The fourth-order valence-corrected chi connectivity index (χ4v) is 3.01. The number of nitrogens with zero attached hydrogens (tertiary/aromatic N) is 1. The Morgan fingerprint density at radius 1 is 1.20 bits per heavy atom. The van der Waals surface area contributed by atoms with Crippen molar-refractivity contribution in [2.45, 2.75) is 32.2 Å². The maximum atomic E-state index is 2.52. The first-order valence-electron chi connectivity index (χ1n) is 5.95. The Labute approximate surface area is 93.1 Å². The van der Waals surface area contributed by atoms with Crippen molar-refractivity contribution in [2.75, 3.05) is 13.6 Å². The maximum Gasteiger partial charge on any atom is 0.0184 e. The van der Waals surface area contributed by atoms with Gasteiger partial charge in [0.1, 0.15) is 0 Å². The minimum atomic E-state index is 0.715. The largest absolute Gasteiger partial charge is 0.303 e. The van der Waals surface area contributed by atoms with Crippen molar-refractivity contribution in [3.8, 4) is 0 Å². The van der Waals surface area contributed by atoms with Crippen molar-refractivity contribution in [3.63, 3.8) is 0 Å². The molecular formula is C14H21N. The molecule has 0 bridgehead atoms. The standard InChI is InChI=1S/C14H21N/c1-11(2)14-13(9-10-15(14)3)12-7-5-4-6-8-12/h4-8,11,13-14H,9-10H2,1-3H3. The fraction of sp³-hybridized carbons (Fsp3) is 0.571. The smallest absolute Gasteiger partial charge is 0.0184 e. The normalized spacial score (nSPS) is 27.5. The summed E-state index contributed by atoms with van der Waals surface area (Å²) in [6.45, 7) is 5.91. The van der Waals surface area contributed by atoms with E-state index in [1.807, 2.05) is 0 Å². The lowest BCUT2D eigenvalue weighted by Gasteiger charge is -2.28. The van der Waals surface area contributed by atoms with Gasteiger partial charge in [-0.2, -0.15) is 0 Å². The van der Waals surface area contributed by atoms with E-state index < -0.39 is 0 Å². The SMILES string of the molecule is CC(C)C1C(c2ccccc2)CCN1C. The van der Waals surface area contributed by atoms with Crippen molar-refractivity contribution >= 4 is 0 Å². The van der Waals surface area contributed by atoms with Crippen LogP contribution in [0.15, 0.2) is 30.3 Å². The highest BCUT2D eigenvalue weighted by Crippen LogP contribution is 2.36. The monoisotopic (exact) mass is 203 g/mol. The van der Waals surface area contributed by atoms with Gasteiger partial charge in [-0.05, 0) is 31.5 Å². The second-order valence-electron chi connectivity index (χ2n) is 5.02. The zero-order chi connectivity index (χ0) is 10.8. The summed E-state index contributed by atoms with van der Waals surface area (Å²) in [5, 5.41) is 0. The van der Waals surface area contributed by atoms with Crippen molar-refractivity contribution < 1.29 is 0 Å². The summed E-state index contributed by atoms with van der Waals surface area (Å²) in [5.74, 6) is 1.47. The third-order valence-electron chi connectivity index (χ3n) is 3.62. The molecule has 1 aromatic rings. The molecule has 1 aliphatic rings. The number of likely N-dealkylation sites (tertiary alicyclic amines) is 1. The molecule has 1 fully saturated rings. The maximum absolute atomic E-state index is 2.52. The van der Waals surface area contributed by atoms with Crippen LogP contribution >= 0.6 is 0 Å². The van der Waals surface area contributed by atoms with E-state index in [-0.39, 0.29) is 0 Å². The molecule has 15 heavy (non-hydrogen) atoms. The molecule has 2 unspecified atom stereocenters. The highest BCUT2D eigenvalue weighted by molar-refractivity contribution is 5.23. The third-order valence-corrected chi connectivity index (χ3v) is 3.62. The van der Waals surface area contributed by atoms with Crippen LogP contribution in [0, 0.1) is 5.92 Å². The van der Waals surface area contributed by atoms with Crippen molar-refractivity contribution in [3.05, 3.63) is 35.9 Å². The van der Waals surface area contributed by atoms with Gasteiger partial charge in [0.25, 0.3) is 0 Å². The highest BCUT2D eigenvalue weighted by atomic mass is 15.2. The Kier molecular flexibility index (Phi) is 3.11. The molecule has 2 atom stereocenters. The van der Waals surface area contributed by atoms with Crippen molar-refractivity contribution in [2.24, 2.45) is 5.92 Å². The summed E-state index contributed by atoms with van der Waals surface area (Å²) < 4.78 is 0. The van der Waals surface area contributed by atoms with Crippen LogP contribution in [-0.2, 0) is 0 Å². The van der Waals surface area contributed by atoms with E-state index in [0.717, 1.165) is 11.8 Å². The minimum absolute atomic E-state index is 0.715. The van der Waals surface area contributed by atoms with Crippen molar-refractivity contribution in [1.82, 2.24) is 4.90 Å². The zero-order valence-corrected chi connectivity index (χ0v) is 9.98.